The Labute approximate surface area is 87.0 Å². The second kappa shape index (κ2) is 3.67. The Bertz CT molecular complexity index is 333. The van der Waals surface area contributed by atoms with Crippen molar-refractivity contribution in [3.63, 3.8) is 0 Å². The lowest BCUT2D eigenvalue weighted by atomic mass is 9.94. The molecule has 4 heteroatoms. The summed E-state index contributed by atoms with van der Waals surface area (Å²) in [4.78, 5) is 15.3. The van der Waals surface area contributed by atoms with Gasteiger partial charge < -0.3 is 4.74 Å². The highest BCUT2D eigenvalue weighted by Crippen LogP contribution is 2.37. The molecule has 1 saturated heterocycles. The van der Waals surface area contributed by atoms with Gasteiger partial charge in [-0.3, -0.25) is 9.78 Å². The smallest absolute Gasteiger partial charge is 0.258 e. The number of ether oxygens (including phenoxy) is 1. The molecule has 1 atom stereocenters. The summed E-state index contributed by atoms with van der Waals surface area (Å²) in [5, 5.41) is -0.456. The lowest BCUT2D eigenvalue weighted by Crippen LogP contribution is -2.31. The zero-order chi connectivity index (χ0) is 10.0. The van der Waals surface area contributed by atoms with E-state index in [9.17, 15) is 4.79 Å². The average molecular weight is 212 g/mol. The molecule has 0 radical (unpaired) electrons. The van der Waals surface area contributed by atoms with Gasteiger partial charge in [0.15, 0.2) is 5.60 Å². The SMILES string of the molecule is O=C(Cl)C1(c2cccnc2)CCCO1. The standard InChI is InChI=1S/C10H10ClNO2/c11-9(13)10(4-2-6-14-10)8-3-1-5-12-7-8/h1,3,5,7H,2,4,6H2. The second-order valence-corrected chi connectivity index (χ2v) is 3.64. The molecule has 2 rings (SSSR count). The molecule has 0 saturated carbocycles. The third-order valence-corrected chi connectivity index (χ3v) is 2.77. The van der Waals surface area contributed by atoms with Gasteiger partial charge in [-0.15, -0.1) is 0 Å². The largest absolute Gasteiger partial charge is 0.361 e. The highest BCUT2D eigenvalue weighted by Gasteiger charge is 2.43. The van der Waals surface area contributed by atoms with Gasteiger partial charge in [-0.25, -0.2) is 0 Å². The summed E-state index contributed by atoms with van der Waals surface area (Å²) in [6.07, 6.45) is 4.78. The van der Waals surface area contributed by atoms with E-state index >= 15 is 0 Å². The predicted molar refractivity (Wildman–Crippen MR) is 52.0 cm³/mol. The Morgan fingerprint density at radius 3 is 3.00 bits per heavy atom. The van der Waals surface area contributed by atoms with E-state index in [1.165, 1.54) is 0 Å². The maximum Gasteiger partial charge on any atom is 0.258 e. The molecule has 1 unspecified atom stereocenters. The van der Waals surface area contributed by atoms with Crippen LogP contribution in [0.3, 0.4) is 0 Å². The van der Waals surface area contributed by atoms with Gasteiger partial charge in [-0.2, -0.15) is 0 Å². The topological polar surface area (TPSA) is 39.2 Å². The van der Waals surface area contributed by atoms with Gasteiger partial charge in [0.25, 0.3) is 5.24 Å². The van der Waals surface area contributed by atoms with Crippen LogP contribution in [0.2, 0.25) is 0 Å². The van der Waals surface area contributed by atoms with Gasteiger partial charge in [-0.1, -0.05) is 6.07 Å². The van der Waals surface area contributed by atoms with Gasteiger partial charge >= 0.3 is 0 Å². The van der Waals surface area contributed by atoms with Crippen molar-refractivity contribution in [1.29, 1.82) is 0 Å². The molecular weight excluding hydrogens is 202 g/mol. The summed E-state index contributed by atoms with van der Waals surface area (Å²) in [7, 11) is 0. The molecule has 0 aliphatic carbocycles. The number of hydrogen-bond donors (Lipinski definition) is 0. The van der Waals surface area contributed by atoms with Crippen molar-refractivity contribution < 1.29 is 9.53 Å². The van der Waals surface area contributed by atoms with Crippen LogP contribution in [0.25, 0.3) is 0 Å². The molecule has 1 aromatic heterocycles. The van der Waals surface area contributed by atoms with Gasteiger partial charge in [0.05, 0.1) is 0 Å². The van der Waals surface area contributed by atoms with Crippen LogP contribution in [0.5, 0.6) is 0 Å². The predicted octanol–water partition coefficient (Wildman–Crippen LogP) is 1.85. The number of pyridine rings is 1. The Hall–Kier alpha value is -0.930. The van der Waals surface area contributed by atoms with E-state index in [0.29, 0.717) is 13.0 Å². The van der Waals surface area contributed by atoms with E-state index in [1.807, 2.05) is 6.07 Å². The highest BCUT2D eigenvalue weighted by molar-refractivity contribution is 6.65. The van der Waals surface area contributed by atoms with Gasteiger partial charge in [0, 0.05) is 24.6 Å². The minimum atomic E-state index is -0.949. The number of rotatable bonds is 2. The normalized spacial score (nSPS) is 26.4. The number of hydrogen-bond acceptors (Lipinski definition) is 3. The molecule has 0 bridgehead atoms. The van der Waals surface area contributed by atoms with Gasteiger partial charge in [-0.05, 0) is 30.5 Å². The molecule has 0 amide bonds. The Balaban J connectivity index is 2.42. The maximum absolute atomic E-state index is 11.4. The van der Waals surface area contributed by atoms with Crippen molar-refractivity contribution in [3.05, 3.63) is 30.1 Å². The third-order valence-electron chi connectivity index (χ3n) is 2.47. The van der Waals surface area contributed by atoms with Crippen LogP contribution >= 0.6 is 11.6 Å². The van der Waals surface area contributed by atoms with Crippen molar-refractivity contribution in [2.24, 2.45) is 0 Å². The molecule has 1 aromatic rings. The number of carbonyl (C=O) groups excluding carboxylic acids is 1. The molecule has 0 N–H and O–H groups in total. The molecule has 74 valence electrons. The van der Waals surface area contributed by atoms with Crippen LogP contribution in [0.4, 0.5) is 0 Å². The van der Waals surface area contributed by atoms with E-state index < -0.39 is 10.8 Å². The minimum absolute atomic E-state index is 0.456. The molecule has 0 aromatic carbocycles. The molecule has 0 spiro atoms. The lowest BCUT2D eigenvalue weighted by molar-refractivity contribution is -0.131. The fourth-order valence-electron chi connectivity index (χ4n) is 1.74. The van der Waals surface area contributed by atoms with Crippen LogP contribution in [-0.2, 0) is 15.1 Å². The fourth-order valence-corrected chi connectivity index (χ4v) is 2.00. The van der Waals surface area contributed by atoms with E-state index in [0.717, 1.165) is 12.0 Å². The van der Waals surface area contributed by atoms with Crippen molar-refractivity contribution >= 4 is 16.8 Å². The van der Waals surface area contributed by atoms with Crippen LogP contribution < -0.4 is 0 Å². The Morgan fingerprint density at radius 1 is 1.64 bits per heavy atom. The summed E-state index contributed by atoms with van der Waals surface area (Å²) in [5.41, 5.74) is -0.201. The molecular formula is C10H10ClNO2. The fraction of sp³-hybridized carbons (Fsp3) is 0.400. The summed E-state index contributed by atoms with van der Waals surface area (Å²) < 4.78 is 5.47. The number of aromatic nitrogens is 1. The Kier molecular flexibility index (Phi) is 2.52. The first-order valence-corrected chi connectivity index (χ1v) is 4.88. The van der Waals surface area contributed by atoms with Crippen LogP contribution in [0.1, 0.15) is 18.4 Å². The maximum atomic E-state index is 11.4. The summed E-state index contributed by atoms with van der Waals surface area (Å²) in [6.45, 7) is 0.577. The molecule has 1 fully saturated rings. The highest BCUT2D eigenvalue weighted by atomic mass is 35.5. The zero-order valence-corrected chi connectivity index (χ0v) is 8.33. The summed E-state index contributed by atoms with van der Waals surface area (Å²) >= 11 is 5.58. The first kappa shape index (κ1) is 9.62. The number of nitrogens with zero attached hydrogens (tertiary/aromatic N) is 1. The summed E-state index contributed by atoms with van der Waals surface area (Å²) in [6, 6.07) is 3.59. The van der Waals surface area contributed by atoms with E-state index in [1.54, 1.807) is 18.5 Å². The quantitative estimate of drug-likeness (QED) is 0.701. The third kappa shape index (κ3) is 1.42. The molecule has 2 heterocycles. The van der Waals surface area contributed by atoms with Crippen LogP contribution in [0.15, 0.2) is 24.5 Å². The van der Waals surface area contributed by atoms with Crippen molar-refractivity contribution in [3.8, 4) is 0 Å². The minimum Gasteiger partial charge on any atom is -0.361 e. The molecule has 1 aliphatic heterocycles. The van der Waals surface area contributed by atoms with Crippen molar-refractivity contribution in [2.45, 2.75) is 18.4 Å². The van der Waals surface area contributed by atoms with E-state index in [4.69, 9.17) is 16.3 Å². The van der Waals surface area contributed by atoms with Crippen molar-refractivity contribution in [2.75, 3.05) is 6.61 Å². The van der Waals surface area contributed by atoms with Crippen LogP contribution in [0, 0.1) is 0 Å². The molecule has 14 heavy (non-hydrogen) atoms. The lowest BCUT2D eigenvalue weighted by Gasteiger charge is -2.23. The first-order valence-electron chi connectivity index (χ1n) is 4.50. The average Bonchev–Trinajstić information content (AvgIpc) is 2.69. The molecule has 1 aliphatic rings. The number of carbonyl (C=O) groups is 1. The second-order valence-electron chi connectivity index (χ2n) is 3.29. The van der Waals surface area contributed by atoms with Crippen LogP contribution in [-0.4, -0.2) is 16.8 Å². The van der Waals surface area contributed by atoms with Gasteiger partial charge in [0.1, 0.15) is 0 Å². The monoisotopic (exact) mass is 211 g/mol. The van der Waals surface area contributed by atoms with E-state index in [-0.39, 0.29) is 0 Å². The summed E-state index contributed by atoms with van der Waals surface area (Å²) in [5.74, 6) is 0. The van der Waals surface area contributed by atoms with Crippen molar-refractivity contribution in [1.82, 2.24) is 4.98 Å². The number of halogens is 1. The van der Waals surface area contributed by atoms with Gasteiger partial charge in [0.2, 0.25) is 0 Å². The zero-order valence-electron chi connectivity index (χ0n) is 7.57. The Morgan fingerprint density at radius 2 is 2.50 bits per heavy atom. The molecule has 3 nitrogen and oxygen atoms in total. The van der Waals surface area contributed by atoms with E-state index in [2.05, 4.69) is 4.98 Å². The first-order chi connectivity index (χ1) is 6.76.